The molecule has 130 valence electrons. The topological polar surface area (TPSA) is 71.4 Å². The molecule has 2 heterocycles. The summed E-state index contributed by atoms with van der Waals surface area (Å²) >= 11 is 5.89. The van der Waals surface area contributed by atoms with Crippen molar-refractivity contribution in [2.75, 3.05) is 0 Å². The Balaban J connectivity index is 1.90. The third-order valence-corrected chi connectivity index (χ3v) is 5.58. The fraction of sp³-hybridized carbons (Fsp3) is 0. The molecule has 1 aromatic heterocycles. The number of rotatable bonds is 2. The average Bonchev–Trinajstić information content (AvgIpc) is 2.64. The van der Waals surface area contributed by atoms with Gasteiger partial charge in [0, 0.05) is 17.3 Å². The maximum absolute atomic E-state index is 13.5. The van der Waals surface area contributed by atoms with Crippen molar-refractivity contribution in [1.82, 2.24) is 9.71 Å². The highest BCUT2D eigenvalue weighted by molar-refractivity contribution is 7.90. The molecule has 0 saturated heterocycles. The Morgan fingerprint density at radius 1 is 1.04 bits per heavy atom. The molecule has 26 heavy (non-hydrogen) atoms. The van der Waals surface area contributed by atoms with Crippen molar-refractivity contribution < 1.29 is 12.8 Å². The van der Waals surface area contributed by atoms with Gasteiger partial charge >= 0.3 is 0 Å². The summed E-state index contributed by atoms with van der Waals surface area (Å²) in [5.41, 5.74) is 2.91. The van der Waals surface area contributed by atoms with Crippen LogP contribution in [0.15, 0.2) is 64.6 Å². The van der Waals surface area contributed by atoms with Gasteiger partial charge in [-0.1, -0.05) is 23.7 Å². The van der Waals surface area contributed by atoms with Crippen LogP contribution in [0.4, 0.5) is 10.1 Å². The highest BCUT2D eigenvalue weighted by atomic mass is 35.5. The lowest BCUT2D eigenvalue weighted by molar-refractivity contribution is 0.592. The smallest absolute Gasteiger partial charge is 0.264 e. The summed E-state index contributed by atoms with van der Waals surface area (Å²) in [5, 5.41) is -0.00865. The van der Waals surface area contributed by atoms with Gasteiger partial charge < -0.3 is 0 Å². The molecule has 1 N–H and O–H groups in total. The van der Waals surface area contributed by atoms with Gasteiger partial charge in [-0.3, -0.25) is 9.71 Å². The molecular weight excluding hydrogens is 377 g/mol. The molecule has 0 atom stereocenters. The Kier molecular flexibility index (Phi) is 3.97. The number of hydrogen-bond donors (Lipinski definition) is 1. The molecule has 3 aromatic rings. The van der Waals surface area contributed by atoms with E-state index < -0.39 is 15.8 Å². The van der Waals surface area contributed by atoms with E-state index in [-0.39, 0.29) is 9.92 Å². The number of benzene rings is 2. The second-order valence-corrected chi connectivity index (χ2v) is 7.68. The average molecular weight is 388 g/mol. The Hall–Kier alpha value is -2.77. The lowest BCUT2D eigenvalue weighted by Crippen LogP contribution is -2.24. The predicted molar refractivity (Wildman–Crippen MR) is 98.6 cm³/mol. The zero-order chi connectivity index (χ0) is 18.3. The summed E-state index contributed by atoms with van der Waals surface area (Å²) in [6, 6.07) is 12.8. The molecule has 0 radical (unpaired) electrons. The van der Waals surface area contributed by atoms with Gasteiger partial charge in [0.25, 0.3) is 10.0 Å². The van der Waals surface area contributed by atoms with Crippen LogP contribution in [0, 0.1) is 5.82 Å². The van der Waals surface area contributed by atoms with Crippen LogP contribution in [0.1, 0.15) is 0 Å². The largest absolute Gasteiger partial charge is 0.270 e. The van der Waals surface area contributed by atoms with Gasteiger partial charge in [-0.25, -0.2) is 17.8 Å². The molecule has 0 unspecified atom stereocenters. The van der Waals surface area contributed by atoms with Gasteiger partial charge in [0.05, 0.1) is 16.4 Å². The minimum absolute atomic E-state index is 0.00865. The summed E-state index contributed by atoms with van der Waals surface area (Å²) in [6.07, 6.45) is 2.75. The van der Waals surface area contributed by atoms with Gasteiger partial charge in [-0.15, -0.1) is 0 Å². The highest BCUT2D eigenvalue weighted by Gasteiger charge is 2.22. The van der Waals surface area contributed by atoms with E-state index in [1.807, 2.05) is 6.07 Å². The van der Waals surface area contributed by atoms with Crippen LogP contribution in [-0.4, -0.2) is 19.7 Å². The van der Waals surface area contributed by atoms with Crippen molar-refractivity contribution in [3.05, 3.63) is 65.6 Å². The van der Waals surface area contributed by atoms with Crippen molar-refractivity contribution >= 4 is 33.7 Å². The highest BCUT2D eigenvalue weighted by Crippen LogP contribution is 2.36. The molecule has 0 aliphatic carbocycles. The molecule has 4 rings (SSSR count). The number of pyridine rings is 1. The Bertz CT molecular complexity index is 1160. The second-order valence-electron chi connectivity index (χ2n) is 5.59. The lowest BCUT2D eigenvalue weighted by Gasteiger charge is -2.15. The van der Waals surface area contributed by atoms with Crippen LogP contribution in [0.25, 0.3) is 22.4 Å². The van der Waals surface area contributed by atoms with E-state index in [1.165, 1.54) is 12.1 Å². The van der Waals surface area contributed by atoms with Gasteiger partial charge in [0.15, 0.2) is 0 Å². The molecule has 0 amide bonds. The number of nitrogens with one attached hydrogen (secondary N) is 1. The fourth-order valence-corrected chi connectivity index (χ4v) is 3.92. The maximum Gasteiger partial charge on any atom is 0.264 e. The van der Waals surface area contributed by atoms with Gasteiger partial charge in [0.1, 0.15) is 17.1 Å². The number of halogens is 2. The number of aliphatic imine (C=N–C) groups is 1. The normalized spacial score (nSPS) is 14.5. The third-order valence-electron chi connectivity index (χ3n) is 3.97. The van der Waals surface area contributed by atoms with E-state index in [9.17, 15) is 12.8 Å². The molecule has 1 aliphatic rings. The SMILES string of the molecule is O=S1(=O)NC=Nc2ccc(-c3cccnc3-c3ccc(F)c(Cl)c3)cc21. The number of aromatic nitrogens is 1. The third kappa shape index (κ3) is 2.85. The first-order valence-electron chi connectivity index (χ1n) is 7.55. The molecule has 0 bridgehead atoms. The molecule has 0 spiro atoms. The van der Waals surface area contributed by atoms with Crippen molar-refractivity contribution in [1.29, 1.82) is 0 Å². The van der Waals surface area contributed by atoms with Gasteiger partial charge in [-0.05, 0) is 42.0 Å². The van der Waals surface area contributed by atoms with Crippen molar-refractivity contribution in [3.8, 4) is 22.4 Å². The predicted octanol–water partition coefficient (Wildman–Crippen LogP) is 4.16. The molecule has 0 fully saturated rings. The molecule has 5 nitrogen and oxygen atoms in total. The first kappa shape index (κ1) is 16.7. The van der Waals surface area contributed by atoms with Gasteiger partial charge in [-0.2, -0.15) is 0 Å². The molecule has 2 aromatic carbocycles. The Morgan fingerprint density at radius 3 is 2.65 bits per heavy atom. The van der Waals surface area contributed by atoms with Crippen molar-refractivity contribution in [2.24, 2.45) is 4.99 Å². The van der Waals surface area contributed by atoms with Crippen LogP contribution in [-0.2, 0) is 10.0 Å². The second kappa shape index (κ2) is 6.19. The van der Waals surface area contributed by atoms with Crippen molar-refractivity contribution in [2.45, 2.75) is 4.90 Å². The van der Waals surface area contributed by atoms with Crippen LogP contribution >= 0.6 is 11.6 Å². The van der Waals surface area contributed by atoms with E-state index in [0.29, 0.717) is 28.1 Å². The van der Waals surface area contributed by atoms with Crippen molar-refractivity contribution in [3.63, 3.8) is 0 Å². The van der Waals surface area contributed by atoms with Crippen LogP contribution < -0.4 is 4.72 Å². The van der Waals surface area contributed by atoms with E-state index >= 15 is 0 Å². The quantitative estimate of drug-likeness (QED) is 0.717. The maximum atomic E-state index is 13.5. The number of nitrogens with zero attached hydrogens (tertiary/aromatic N) is 2. The summed E-state index contributed by atoms with van der Waals surface area (Å²) in [4.78, 5) is 8.49. The number of fused-ring (bicyclic) bond motifs is 1. The van der Waals surface area contributed by atoms with E-state index in [4.69, 9.17) is 11.6 Å². The summed E-state index contributed by atoms with van der Waals surface area (Å²) in [6.45, 7) is 0. The van der Waals surface area contributed by atoms with E-state index in [1.54, 1.807) is 36.5 Å². The summed E-state index contributed by atoms with van der Waals surface area (Å²) in [7, 11) is -3.65. The molecule has 0 saturated carbocycles. The number of hydrogen-bond acceptors (Lipinski definition) is 4. The zero-order valence-electron chi connectivity index (χ0n) is 13.1. The Morgan fingerprint density at radius 2 is 1.85 bits per heavy atom. The molecule has 8 heteroatoms. The summed E-state index contributed by atoms with van der Waals surface area (Å²) in [5.74, 6) is -0.517. The zero-order valence-corrected chi connectivity index (χ0v) is 14.7. The van der Waals surface area contributed by atoms with Crippen LogP contribution in [0.3, 0.4) is 0 Å². The minimum atomic E-state index is -3.65. The monoisotopic (exact) mass is 387 g/mol. The first-order valence-corrected chi connectivity index (χ1v) is 9.41. The molecular formula is C18H11ClFN3O2S. The van der Waals surface area contributed by atoms with E-state index in [0.717, 1.165) is 6.34 Å². The number of sulfonamides is 1. The van der Waals surface area contributed by atoms with Crippen LogP contribution in [0.5, 0.6) is 0 Å². The minimum Gasteiger partial charge on any atom is -0.270 e. The van der Waals surface area contributed by atoms with E-state index in [2.05, 4.69) is 14.7 Å². The van der Waals surface area contributed by atoms with Crippen LogP contribution in [0.2, 0.25) is 5.02 Å². The summed E-state index contributed by atoms with van der Waals surface area (Å²) < 4.78 is 40.2. The first-order chi connectivity index (χ1) is 12.5. The lowest BCUT2D eigenvalue weighted by atomic mass is 9.99. The standard InChI is InChI=1S/C18H11ClFN3O2S/c19-14-8-12(3-5-15(14)20)18-13(2-1-7-21-18)11-4-6-16-17(9-11)26(24,25)23-10-22-16/h1-10H,(H,22,23). The fourth-order valence-electron chi connectivity index (χ4n) is 2.74. The van der Waals surface area contributed by atoms with Gasteiger partial charge in [0.2, 0.25) is 0 Å². The Labute approximate surface area is 154 Å². The molecule has 1 aliphatic heterocycles.